The van der Waals surface area contributed by atoms with Crippen LogP contribution in [0.4, 0.5) is 4.39 Å². The van der Waals surface area contributed by atoms with Crippen LogP contribution in [0, 0.1) is 5.82 Å². The van der Waals surface area contributed by atoms with Gasteiger partial charge >= 0.3 is 5.97 Å². The van der Waals surface area contributed by atoms with Crippen LogP contribution >= 0.6 is 0 Å². The van der Waals surface area contributed by atoms with E-state index in [1.165, 1.54) is 17.7 Å². The first-order chi connectivity index (χ1) is 9.66. The Bertz CT molecular complexity index is 566. The van der Waals surface area contributed by atoms with Gasteiger partial charge in [-0.15, -0.1) is 0 Å². The van der Waals surface area contributed by atoms with Crippen molar-refractivity contribution in [1.29, 1.82) is 0 Å². The van der Waals surface area contributed by atoms with Gasteiger partial charge < -0.3 is 5.11 Å². The molecule has 0 bridgehead atoms. The fourth-order valence-electron chi connectivity index (χ4n) is 2.31. The van der Waals surface area contributed by atoms with E-state index in [4.69, 9.17) is 0 Å². The number of carboxylic acid groups (broad SMARTS) is 1. The Morgan fingerprint density at radius 3 is 2.50 bits per heavy atom. The monoisotopic (exact) mass is 272 g/mol. The molecule has 0 fully saturated rings. The van der Waals surface area contributed by atoms with E-state index in [9.17, 15) is 14.3 Å². The molecule has 104 valence electrons. The minimum Gasteiger partial charge on any atom is -0.481 e. The van der Waals surface area contributed by atoms with Crippen LogP contribution in [-0.4, -0.2) is 11.1 Å². The summed E-state index contributed by atoms with van der Waals surface area (Å²) < 4.78 is 13.2. The van der Waals surface area contributed by atoms with Crippen LogP contribution in [0.5, 0.6) is 0 Å². The zero-order valence-corrected chi connectivity index (χ0v) is 11.1. The topological polar surface area (TPSA) is 37.3 Å². The van der Waals surface area contributed by atoms with Crippen molar-refractivity contribution in [3.05, 3.63) is 71.5 Å². The molecule has 0 radical (unpaired) electrons. The van der Waals surface area contributed by atoms with Gasteiger partial charge in [0.1, 0.15) is 5.82 Å². The zero-order chi connectivity index (χ0) is 14.4. The van der Waals surface area contributed by atoms with Gasteiger partial charge in [-0.3, -0.25) is 4.79 Å². The molecular formula is C17H17FO2. The molecule has 0 aliphatic heterocycles. The molecular weight excluding hydrogens is 255 g/mol. The lowest BCUT2D eigenvalue weighted by Crippen LogP contribution is -2.12. The lowest BCUT2D eigenvalue weighted by Gasteiger charge is -2.12. The zero-order valence-electron chi connectivity index (χ0n) is 11.1. The second-order valence-corrected chi connectivity index (χ2v) is 4.82. The summed E-state index contributed by atoms with van der Waals surface area (Å²) in [4.78, 5) is 11.3. The number of aliphatic carboxylic acids is 1. The van der Waals surface area contributed by atoms with E-state index in [-0.39, 0.29) is 0 Å². The second kappa shape index (κ2) is 6.85. The number of aryl methyl sites for hydroxylation is 1. The molecule has 1 atom stereocenters. The van der Waals surface area contributed by atoms with Crippen LogP contribution in [0.15, 0.2) is 54.6 Å². The van der Waals surface area contributed by atoms with Crippen molar-refractivity contribution in [2.24, 2.45) is 0 Å². The molecule has 0 spiro atoms. The maximum absolute atomic E-state index is 13.2. The third kappa shape index (κ3) is 3.92. The Hall–Kier alpha value is -2.16. The number of benzene rings is 2. The highest BCUT2D eigenvalue weighted by molar-refractivity contribution is 5.76. The van der Waals surface area contributed by atoms with Gasteiger partial charge in [0.2, 0.25) is 0 Å². The van der Waals surface area contributed by atoms with E-state index >= 15 is 0 Å². The van der Waals surface area contributed by atoms with Gasteiger partial charge in [-0.05, 0) is 42.5 Å². The first kappa shape index (κ1) is 14.3. The third-order valence-electron chi connectivity index (χ3n) is 3.35. The molecule has 0 aliphatic rings. The molecule has 0 aromatic heterocycles. The quantitative estimate of drug-likeness (QED) is 0.862. The fraction of sp³-hybridized carbons (Fsp3) is 0.235. The van der Waals surface area contributed by atoms with E-state index in [1.54, 1.807) is 12.1 Å². The Labute approximate surface area is 117 Å². The molecule has 0 aliphatic carbocycles. The third-order valence-corrected chi connectivity index (χ3v) is 3.35. The van der Waals surface area contributed by atoms with E-state index in [1.807, 2.05) is 30.3 Å². The van der Waals surface area contributed by atoms with Gasteiger partial charge in [-0.2, -0.15) is 0 Å². The van der Waals surface area contributed by atoms with Crippen molar-refractivity contribution >= 4 is 5.97 Å². The van der Waals surface area contributed by atoms with Gasteiger partial charge in [0.25, 0.3) is 0 Å². The number of carboxylic acids is 1. The predicted octanol–water partition coefficient (Wildman–Crippen LogP) is 4.02. The second-order valence-electron chi connectivity index (χ2n) is 4.82. The van der Waals surface area contributed by atoms with Crippen LogP contribution in [0.1, 0.15) is 29.9 Å². The molecule has 2 aromatic carbocycles. The predicted molar refractivity (Wildman–Crippen MR) is 76.2 cm³/mol. The molecule has 0 saturated heterocycles. The highest BCUT2D eigenvalue weighted by atomic mass is 19.1. The SMILES string of the molecule is O=C(O)C(CCCc1ccccc1)c1cccc(F)c1. The average molecular weight is 272 g/mol. The van der Waals surface area contributed by atoms with Crippen LogP contribution in [0.2, 0.25) is 0 Å². The van der Waals surface area contributed by atoms with Gasteiger partial charge in [-0.1, -0.05) is 42.5 Å². The van der Waals surface area contributed by atoms with E-state index in [0.717, 1.165) is 12.8 Å². The van der Waals surface area contributed by atoms with E-state index < -0.39 is 17.7 Å². The number of carbonyl (C=O) groups is 1. The molecule has 2 rings (SSSR count). The lowest BCUT2D eigenvalue weighted by molar-refractivity contribution is -0.139. The Kier molecular flexibility index (Phi) is 4.88. The number of halogens is 1. The van der Waals surface area contributed by atoms with Crippen molar-refractivity contribution in [2.75, 3.05) is 0 Å². The summed E-state index contributed by atoms with van der Waals surface area (Å²) in [7, 11) is 0. The number of rotatable bonds is 6. The Morgan fingerprint density at radius 2 is 1.85 bits per heavy atom. The van der Waals surface area contributed by atoms with Gasteiger partial charge in [-0.25, -0.2) is 4.39 Å². The van der Waals surface area contributed by atoms with Crippen LogP contribution in [0.3, 0.4) is 0 Å². The minimum absolute atomic E-state index is 0.392. The molecule has 0 saturated carbocycles. The lowest BCUT2D eigenvalue weighted by atomic mass is 9.92. The van der Waals surface area contributed by atoms with E-state index in [2.05, 4.69) is 0 Å². The summed E-state index contributed by atoms with van der Waals surface area (Å²) in [6, 6.07) is 15.8. The first-order valence-electron chi connectivity index (χ1n) is 6.69. The molecule has 20 heavy (non-hydrogen) atoms. The molecule has 1 N–H and O–H groups in total. The maximum atomic E-state index is 13.2. The van der Waals surface area contributed by atoms with Gasteiger partial charge in [0.05, 0.1) is 5.92 Å². The van der Waals surface area contributed by atoms with Crippen molar-refractivity contribution < 1.29 is 14.3 Å². The van der Waals surface area contributed by atoms with Crippen LogP contribution in [0.25, 0.3) is 0 Å². The fourth-order valence-corrected chi connectivity index (χ4v) is 2.31. The van der Waals surface area contributed by atoms with Crippen LogP contribution < -0.4 is 0 Å². The van der Waals surface area contributed by atoms with Crippen molar-refractivity contribution in [3.8, 4) is 0 Å². The van der Waals surface area contributed by atoms with Crippen molar-refractivity contribution in [1.82, 2.24) is 0 Å². The van der Waals surface area contributed by atoms with E-state index in [0.29, 0.717) is 12.0 Å². The summed E-state index contributed by atoms with van der Waals surface area (Å²) in [5.74, 6) is -1.94. The van der Waals surface area contributed by atoms with Gasteiger partial charge in [0, 0.05) is 0 Å². The van der Waals surface area contributed by atoms with Gasteiger partial charge in [0.15, 0.2) is 0 Å². The summed E-state index contributed by atoms with van der Waals surface area (Å²) in [6.07, 6.45) is 2.10. The van der Waals surface area contributed by atoms with Crippen molar-refractivity contribution in [2.45, 2.75) is 25.2 Å². The summed E-state index contributed by atoms with van der Waals surface area (Å²) >= 11 is 0. The molecule has 0 heterocycles. The number of hydrogen-bond acceptors (Lipinski definition) is 1. The number of hydrogen-bond donors (Lipinski definition) is 1. The highest BCUT2D eigenvalue weighted by Gasteiger charge is 2.19. The molecule has 3 heteroatoms. The minimum atomic E-state index is -0.899. The maximum Gasteiger partial charge on any atom is 0.310 e. The smallest absolute Gasteiger partial charge is 0.310 e. The molecule has 2 nitrogen and oxygen atoms in total. The highest BCUT2D eigenvalue weighted by Crippen LogP contribution is 2.23. The first-order valence-corrected chi connectivity index (χ1v) is 6.69. The summed E-state index contributed by atoms with van der Waals surface area (Å²) in [6.45, 7) is 0. The standard InChI is InChI=1S/C17H17FO2/c18-15-10-5-9-14(12-15)16(17(19)20)11-4-8-13-6-2-1-3-7-13/h1-3,5-7,9-10,12,16H,4,8,11H2,(H,19,20). The summed E-state index contributed by atoms with van der Waals surface area (Å²) in [5.41, 5.74) is 1.72. The van der Waals surface area contributed by atoms with Crippen LogP contribution in [-0.2, 0) is 11.2 Å². The van der Waals surface area contributed by atoms with Crippen molar-refractivity contribution in [3.63, 3.8) is 0 Å². The molecule has 2 aromatic rings. The Balaban J connectivity index is 1.98. The average Bonchev–Trinajstić information content (AvgIpc) is 2.44. The molecule has 1 unspecified atom stereocenters. The largest absolute Gasteiger partial charge is 0.481 e. The molecule has 0 amide bonds. The Morgan fingerprint density at radius 1 is 1.10 bits per heavy atom. The normalized spacial score (nSPS) is 12.1. The summed E-state index contributed by atoms with van der Waals surface area (Å²) in [5, 5.41) is 9.29.